The van der Waals surface area contributed by atoms with E-state index >= 15 is 0 Å². The molecule has 2 unspecified atom stereocenters. The molecule has 3 nitrogen and oxygen atoms in total. The van der Waals surface area contributed by atoms with Crippen LogP contribution in [0.4, 0.5) is 0 Å². The van der Waals surface area contributed by atoms with E-state index in [1.165, 1.54) is 60.5 Å². The normalized spacial score (nSPS) is 17.7. The largest absolute Gasteiger partial charge is 0.485 e. The Kier molecular flexibility index (Phi) is 4.17. The Morgan fingerprint density at radius 2 is 1.13 bits per heavy atom. The summed E-state index contributed by atoms with van der Waals surface area (Å²) in [6.07, 6.45) is 8.72. The molecule has 9 rings (SSSR count). The van der Waals surface area contributed by atoms with E-state index in [9.17, 15) is 0 Å². The van der Waals surface area contributed by atoms with E-state index in [4.69, 9.17) is 4.74 Å². The van der Waals surface area contributed by atoms with Gasteiger partial charge in [0.05, 0.1) is 27.8 Å². The van der Waals surface area contributed by atoms with E-state index in [2.05, 4.69) is 143 Å². The molecule has 5 aromatic carbocycles. The van der Waals surface area contributed by atoms with Crippen LogP contribution < -0.4 is 4.74 Å². The fraction of sp³-hybridized carbons (Fsp3) is 0.0556. The molecule has 0 N–H and O–H groups in total. The van der Waals surface area contributed by atoms with Gasteiger partial charge in [-0.3, -0.25) is 0 Å². The van der Waals surface area contributed by atoms with Gasteiger partial charge >= 0.3 is 0 Å². The van der Waals surface area contributed by atoms with Crippen LogP contribution in [-0.2, 0) is 0 Å². The molecule has 0 saturated carbocycles. The van der Waals surface area contributed by atoms with E-state index < -0.39 is 0 Å². The zero-order chi connectivity index (χ0) is 25.5. The van der Waals surface area contributed by atoms with Crippen molar-refractivity contribution in [3.63, 3.8) is 0 Å². The third-order valence-corrected chi connectivity index (χ3v) is 8.46. The maximum atomic E-state index is 6.37. The van der Waals surface area contributed by atoms with Crippen molar-refractivity contribution in [2.24, 2.45) is 0 Å². The summed E-state index contributed by atoms with van der Waals surface area (Å²) in [5.41, 5.74) is 8.48. The molecular weight excluding hydrogens is 476 g/mol. The Hall–Kier alpha value is -5.02. The smallest absolute Gasteiger partial charge is 0.128 e. The van der Waals surface area contributed by atoms with Crippen molar-refractivity contribution in [3.05, 3.63) is 139 Å². The lowest BCUT2D eigenvalue weighted by molar-refractivity contribution is 0.269. The van der Waals surface area contributed by atoms with Crippen LogP contribution in [0.2, 0.25) is 0 Å². The second kappa shape index (κ2) is 7.75. The van der Waals surface area contributed by atoms with Gasteiger partial charge < -0.3 is 13.9 Å². The van der Waals surface area contributed by atoms with Crippen LogP contribution in [0.3, 0.4) is 0 Å². The molecule has 2 atom stereocenters. The standard InChI is InChI=1S/C36H24N2O/c1-5-14-29-24(10-1)25-11-2-6-15-30(25)37(29)23-20-21-32-28(22-23)26-12-3-7-16-31(26)38(32)33-17-9-19-35-36(33)27-13-4-8-18-34(27)39-35/h1-22,27,34H. The van der Waals surface area contributed by atoms with Crippen LogP contribution in [-0.4, -0.2) is 15.2 Å². The first-order chi connectivity index (χ1) is 19.4. The van der Waals surface area contributed by atoms with E-state index in [-0.39, 0.29) is 12.0 Å². The van der Waals surface area contributed by atoms with Crippen molar-refractivity contribution < 1.29 is 4.74 Å². The number of aromatic nitrogens is 2. The molecule has 0 saturated heterocycles. The average molecular weight is 501 g/mol. The van der Waals surface area contributed by atoms with E-state index in [0.717, 1.165) is 5.75 Å². The van der Waals surface area contributed by atoms with Gasteiger partial charge in [-0.05, 0) is 54.6 Å². The van der Waals surface area contributed by atoms with Gasteiger partial charge in [0.1, 0.15) is 11.9 Å². The number of ether oxygens (including phenoxy) is 1. The minimum absolute atomic E-state index is 0.0566. The van der Waals surface area contributed by atoms with Crippen molar-refractivity contribution in [2.75, 3.05) is 0 Å². The van der Waals surface area contributed by atoms with Crippen LogP contribution >= 0.6 is 0 Å². The van der Waals surface area contributed by atoms with Crippen LogP contribution in [0.25, 0.3) is 55.0 Å². The van der Waals surface area contributed by atoms with Crippen LogP contribution in [0.5, 0.6) is 5.75 Å². The van der Waals surface area contributed by atoms with Gasteiger partial charge in [-0.1, -0.05) is 78.9 Å². The third-order valence-electron chi connectivity index (χ3n) is 8.46. The topological polar surface area (TPSA) is 19.1 Å². The fourth-order valence-corrected chi connectivity index (χ4v) is 6.83. The molecule has 2 aromatic heterocycles. The highest BCUT2D eigenvalue weighted by molar-refractivity contribution is 6.12. The Morgan fingerprint density at radius 3 is 1.87 bits per heavy atom. The molecule has 1 aliphatic heterocycles. The molecule has 2 aliphatic rings. The molecule has 0 radical (unpaired) electrons. The molecule has 39 heavy (non-hydrogen) atoms. The molecule has 1 aliphatic carbocycles. The number of hydrogen-bond donors (Lipinski definition) is 0. The molecule has 7 aromatic rings. The van der Waals surface area contributed by atoms with Crippen molar-refractivity contribution in [3.8, 4) is 17.1 Å². The minimum Gasteiger partial charge on any atom is -0.485 e. The number of allylic oxidation sites excluding steroid dienone is 2. The number of fused-ring (bicyclic) bond motifs is 9. The predicted octanol–water partition coefficient (Wildman–Crippen LogP) is 8.85. The lowest BCUT2D eigenvalue weighted by Gasteiger charge is -2.17. The average Bonchev–Trinajstić information content (AvgIpc) is 3.65. The molecule has 0 bridgehead atoms. The molecule has 184 valence electrons. The maximum absolute atomic E-state index is 6.37. The number of benzene rings is 5. The van der Waals surface area contributed by atoms with Gasteiger partial charge in [0.25, 0.3) is 0 Å². The summed E-state index contributed by atoms with van der Waals surface area (Å²) in [6, 6.07) is 39.5. The van der Waals surface area contributed by atoms with Gasteiger partial charge in [-0.15, -0.1) is 0 Å². The molecule has 3 heteroatoms. The van der Waals surface area contributed by atoms with Gasteiger partial charge in [-0.25, -0.2) is 0 Å². The quantitative estimate of drug-likeness (QED) is 0.232. The van der Waals surface area contributed by atoms with E-state index in [1.807, 2.05) is 0 Å². The Bertz CT molecular complexity index is 2120. The third kappa shape index (κ3) is 2.82. The molecule has 3 heterocycles. The first kappa shape index (κ1) is 21.0. The number of para-hydroxylation sites is 3. The summed E-state index contributed by atoms with van der Waals surface area (Å²) in [4.78, 5) is 0. The number of nitrogens with zero attached hydrogens (tertiary/aromatic N) is 2. The van der Waals surface area contributed by atoms with Crippen LogP contribution in [0.1, 0.15) is 11.5 Å². The van der Waals surface area contributed by atoms with E-state index in [1.54, 1.807) is 0 Å². The zero-order valence-electron chi connectivity index (χ0n) is 21.2. The summed E-state index contributed by atoms with van der Waals surface area (Å²) in [5, 5.41) is 5.05. The highest BCUT2D eigenvalue weighted by Crippen LogP contribution is 2.46. The molecule has 0 spiro atoms. The predicted molar refractivity (Wildman–Crippen MR) is 161 cm³/mol. The number of rotatable bonds is 2. The van der Waals surface area contributed by atoms with Gasteiger partial charge in [-0.2, -0.15) is 0 Å². The first-order valence-electron chi connectivity index (χ1n) is 13.5. The van der Waals surface area contributed by atoms with Crippen LogP contribution in [0, 0.1) is 0 Å². The second-order valence-corrected chi connectivity index (χ2v) is 10.5. The zero-order valence-corrected chi connectivity index (χ0v) is 21.2. The fourth-order valence-electron chi connectivity index (χ4n) is 6.83. The summed E-state index contributed by atoms with van der Waals surface area (Å²) in [7, 11) is 0. The Labute approximate surface area is 225 Å². The van der Waals surface area contributed by atoms with Crippen molar-refractivity contribution in [2.45, 2.75) is 12.0 Å². The van der Waals surface area contributed by atoms with E-state index in [0.29, 0.717) is 0 Å². The van der Waals surface area contributed by atoms with Crippen molar-refractivity contribution in [1.29, 1.82) is 0 Å². The lowest BCUT2D eigenvalue weighted by atomic mass is 9.91. The highest BCUT2D eigenvalue weighted by atomic mass is 16.5. The van der Waals surface area contributed by atoms with Crippen molar-refractivity contribution >= 4 is 43.6 Å². The van der Waals surface area contributed by atoms with Crippen molar-refractivity contribution in [1.82, 2.24) is 9.13 Å². The van der Waals surface area contributed by atoms with Gasteiger partial charge in [0.15, 0.2) is 0 Å². The molecule has 0 fully saturated rings. The molecule has 0 amide bonds. The monoisotopic (exact) mass is 500 g/mol. The van der Waals surface area contributed by atoms with Crippen LogP contribution in [0.15, 0.2) is 133 Å². The Balaban J connectivity index is 1.34. The summed E-state index contributed by atoms with van der Waals surface area (Å²) < 4.78 is 11.2. The summed E-state index contributed by atoms with van der Waals surface area (Å²) >= 11 is 0. The maximum Gasteiger partial charge on any atom is 0.128 e. The summed E-state index contributed by atoms with van der Waals surface area (Å²) in [5.74, 6) is 1.20. The lowest BCUT2D eigenvalue weighted by Crippen LogP contribution is -2.16. The molecular formula is C36H24N2O. The van der Waals surface area contributed by atoms with Gasteiger partial charge in [0.2, 0.25) is 0 Å². The van der Waals surface area contributed by atoms with Gasteiger partial charge in [0, 0.05) is 38.7 Å². The Morgan fingerprint density at radius 1 is 0.513 bits per heavy atom. The number of hydrogen-bond acceptors (Lipinski definition) is 1. The SMILES string of the molecule is C1=CC2Oc3cccc(-n4c5ccccc5c5cc(-n6c7ccccc7c7ccccc76)ccc54)c3C2C=C1. The summed E-state index contributed by atoms with van der Waals surface area (Å²) in [6.45, 7) is 0. The first-order valence-corrected chi connectivity index (χ1v) is 13.5. The minimum atomic E-state index is 0.0566. The second-order valence-electron chi connectivity index (χ2n) is 10.5. The highest BCUT2D eigenvalue weighted by Gasteiger charge is 2.35.